The van der Waals surface area contributed by atoms with E-state index in [-0.39, 0.29) is 5.78 Å². The maximum atomic E-state index is 12.1. The lowest BCUT2D eigenvalue weighted by Crippen LogP contribution is -2.30. The van der Waals surface area contributed by atoms with Gasteiger partial charge in [-0.3, -0.25) is 4.79 Å². The van der Waals surface area contributed by atoms with Crippen LogP contribution in [0.4, 0.5) is 0 Å². The second-order valence-electron chi connectivity index (χ2n) is 4.13. The standard InChI is InChI=1S/C14H19NO2/c1-5-6-12(15)14(16)11-7-10(3)13(17-4)8-9(11)2/h5,7-8,12H,1,6,15H2,2-4H3. The number of aryl methyl sites for hydroxylation is 2. The summed E-state index contributed by atoms with van der Waals surface area (Å²) in [5, 5.41) is 0. The third-order valence-electron chi connectivity index (χ3n) is 2.76. The molecule has 0 heterocycles. The lowest BCUT2D eigenvalue weighted by molar-refractivity contribution is 0.0961. The molecule has 0 bridgehead atoms. The number of benzene rings is 1. The van der Waals surface area contributed by atoms with Crippen molar-refractivity contribution in [2.45, 2.75) is 26.3 Å². The van der Waals surface area contributed by atoms with Gasteiger partial charge in [0.15, 0.2) is 5.78 Å². The average Bonchev–Trinajstić information content (AvgIpc) is 2.31. The molecule has 1 aromatic carbocycles. The number of hydrogen-bond acceptors (Lipinski definition) is 3. The average molecular weight is 233 g/mol. The first-order valence-corrected chi connectivity index (χ1v) is 5.57. The molecule has 0 fully saturated rings. The Morgan fingerprint density at radius 3 is 2.65 bits per heavy atom. The van der Waals surface area contributed by atoms with Gasteiger partial charge in [0.1, 0.15) is 5.75 Å². The first kappa shape index (κ1) is 13.5. The van der Waals surface area contributed by atoms with Crippen LogP contribution in [0, 0.1) is 13.8 Å². The molecule has 1 unspecified atom stereocenters. The van der Waals surface area contributed by atoms with Gasteiger partial charge in [0.2, 0.25) is 0 Å². The summed E-state index contributed by atoms with van der Waals surface area (Å²) in [4.78, 5) is 12.1. The monoisotopic (exact) mass is 233 g/mol. The van der Waals surface area contributed by atoms with Crippen molar-refractivity contribution in [3.8, 4) is 5.75 Å². The highest BCUT2D eigenvalue weighted by Crippen LogP contribution is 2.23. The number of carbonyl (C=O) groups is 1. The van der Waals surface area contributed by atoms with Crippen LogP contribution >= 0.6 is 0 Å². The van der Waals surface area contributed by atoms with Crippen LogP contribution in [0.25, 0.3) is 0 Å². The summed E-state index contributed by atoms with van der Waals surface area (Å²) in [7, 11) is 1.62. The molecule has 92 valence electrons. The number of methoxy groups -OCH3 is 1. The Morgan fingerprint density at radius 1 is 1.47 bits per heavy atom. The number of ether oxygens (including phenoxy) is 1. The van der Waals surface area contributed by atoms with E-state index in [0.29, 0.717) is 12.0 Å². The zero-order valence-electron chi connectivity index (χ0n) is 10.6. The van der Waals surface area contributed by atoms with Crippen LogP contribution in [0.3, 0.4) is 0 Å². The number of nitrogens with two attached hydrogens (primary N) is 1. The highest BCUT2D eigenvalue weighted by atomic mass is 16.5. The van der Waals surface area contributed by atoms with Gasteiger partial charge in [0.05, 0.1) is 13.2 Å². The van der Waals surface area contributed by atoms with Crippen LogP contribution in [0.5, 0.6) is 5.75 Å². The van der Waals surface area contributed by atoms with Gasteiger partial charge < -0.3 is 10.5 Å². The summed E-state index contributed by atoms with van der Waals surface area (Å²) in [6.07, 6.45) is 2.15. The number of Topliss-reactive ketones (excluding diaryl/α,β-unsaturated/α-hetero) is 1. The lowest BCUT2D eigenvalue weighted by atomic mass is 9.96. The third kappa shape index (κ3) is 2.94. The molecular weight excluding hydrogens is 214 g/mol. The van der Waals surface area contributed by atoms with Gasteiger partial charge in [0, 0.05) is 5.56 Å². The molecule has 0 spiro atoms. The largest absolute Gasteiger partial charge is 0.496 e. The number of rotatable bonds is 5. The summed E-state index contributed by atoms with van der Waals surface area (Å²) in [5.74, 6) is 0.740. The maximum absolute atomic E-state index is 12.1. The Bertz CT molecular complexity index is 438. The van der Waals surface area contributed by atoms with Crippen molar-refractivity contribution in [2.75, 3.05) is 7.11 Å². The van der Waals surface area contributed by atoms with E-state index in [0.717, 1.165) is 16.9 Å². The predicted octanol–water partition coefficient (Wildman–Crippen LogP) is 2.40. The van der Waals surface area contributed by atoms with E-state index in [4.69, 9.17) is 10.5 Å². The smallest absolute Gasteiger partial charge is 0.180 e. The van der Waals surface area contributed by atoms with E-state index >= 15 is 0 Å². The molecule has 0 radical (unpaired) electrons. The van der Waals surface area contributed by atoms with E-state index < -0.39 is 6.04 Å². The van der Waals surface area contributed by atoms with Crippen molar-refractivity contribution < 1.29 is 9.53 Å². The maximum Gasteiger partial charge on any atom is 0.180 e. The van der Waals surface area contributed by atoms with Crippen LogP contribution < -0.4 is 10.5 Å². The van der Waals surface area contributed by atoms with Crippen LogP contribution in [0.2, 0.25) is 0 Å². The summed E-state index contributed by atoms with van der Waals surface area (Å²) in [5.41, 5.74) is 8.29. The molecule has 1 atom stereocenters. The molecule has 0 saturated heterocycles. The Balaban J connectivity index is 3.10. The van der Waals surface area contributed by atoms with E-state index in [1.165, 1.54) is 0 Å². The van der Waals surface area contributed by atoms with Gasteiger partial charge in [-0.15, -0.1) is 6.58 Å². The molecule has 2 N–H and O–H groups in total. The highest BCUT2D eigenvalue weighted by molar-refractivity contribution is 6.01. The van der Waals surface area contributed by atoms with Crippen molar-refractivity contribution in [2.24, 2.45) is 5.73 Å². The SMILES string of the molecule is C=CCC(N)C(=O)c1cc(C)c(OC)cc1C. The lowest BCUT2D eigenvalue weighted by Gasteiger charge is -2.13. The Labute approximate surface area is 102 Å². The molecular formula is C14H19NO2. The van der Waals surface area contributed by atoms with Crippen LogP contribution in [-0.2, 0) is 0 Å². The van der Waals surface area contributed by atoms with E-state index in [9.17, 15) is 4.79 Å². The van der Waals surface area contributed by atoms with E-state index in [1.54, 1.807) is 13.2 Å². The Kier molecular flexibility index (Phi) is 4.46. The molecule has 0 aromatic heterocycles. The molecule has 0 saturated carbocycles. The number of carbonyl (C=O) groups excluding carboxylic acids is 1. The van der Waals surface area contributed by atoms with Crippen LogP contribution in [-0.4, -0.2) is 18.9 Å². The van der Waals surface area contributed by atoms with E-state index in [2.05, 4.69) is 6.58 Å². The zero-order valence-corrected chi connectivity index (χ0v) is 10.6. The van der Waals surface area contributed by atoms with Gasteiger partial charge in [-0.05, 0) is 43.5 Å². The summed E-state index contributed by atoms with van der Waals surface area (Å²) >= 11 is 0. The van der Waals surface area contributed by atoms with Crippen LogP contribution in [0.15, 0.2) is 24.8 Å². The number of hydrogen-bond donors (Lipinski definition) is 1. The zero-order chi connectivity index (χ0) is 13.0. The molecule has 0 aliphatic carbocycles. The third-order valence-corrected chi connectivity index (χ3v) is 2.76. The molecule has 0 aliphatic heterocycles. The first-order chi connectivity index (χ1) is 8.01. The molecule has 3 heteroatoms. The second kappa shape index (κ2) is 5.64. The summed E-state index contributed by atoms with van der Waals surface area (Å²) in [6, 6.07) is 3.18. The Morgan fingerprint density at radius 2 is 2.12 bits per heavy atom. The van der Waals surface area contributed by atoms with Gasteiger partial charge in [0.25, 0.3) is 0 Å². The van der Waals surface area contributed by atoms with Crippen molar-refractivity contribution >= 4 is 5.78 Å². The minimum absolute atomic E-state index is 0.0480. The minimum atomic E-state index is -0.515. The van der Waals surface area contributed by atoms with Gasteiger partial charge in [-0.2, -0.15) is 0 Å². The fraction of sp³-hybridized carbons (Fsp3) is 0.357. The van der Waals surface area contributed by atoms with Crippen molar-refractivity contribution in [1.82, 2.24) is 0 Å². The predicted molar refractivity (Wildman–Crippen MR) is 69.6 cm³/mol. The fourth-order valence-corrected chi connectivity index (χ4v) is 1.76. The van der Waals surface area contributed by atoms with Crippen molar-refractivity contribution in [1.29, 1.82) is 0 Å². The topological polar surface area (TPSA) is 52.3 Å². The van der Waals surface area contributed by atoms with Gasteiger partial charge in [-0.1, -0.05) is 6.08 Å². The molecule has 1 aromatic rings. The molecule has 0 aliphatic rings. The van der Waals surface area contributed by atoms with Crippen molar-refractivity contribution in [3.05, 3.63) is 41.5 Å². The van der Waals surface area contributed by atoms with Gasteiger partial charge >= 0.3 is 0 Å². The molecule has 17 heavy (non-hydrogen) atoms. The Hall–Kier alpha value is -1.61. The molecule has 1 rings (SSSR count). The summed E-state index contributed by atoms with van der Waals surface area (Å²) < 4.78 is 5.21. The second-order valence-corrected chi connectivity index (χ2v) is 4.13. The normalized spacial score (nSPS) is 12.0. The number of ketones is 1. The minimum Gasteiger partial charge on any atom is -0.496 e. The highest BCUT2D eigenvalue weighted by Gasteiger charge is 2.17. The van der Waals surface area contributed by atoms with E-state index in [1.807, 2.05) is 26.0 Å². The molecule has 3 nitrogen and oxygen atoms in total. The molecule has 0 amide bonds. The first-order valence-electron chi connectivity index (χ1n) is 5.57. The summed E-state index contributed by atoms with van der Waals surface area (Å²) in [6.45, 7) is 7.39. The van der Waals surface area contributed by atoms with Crippen LogP contribution in [0.1, 0.15) is 27.9 Å². The van der Waals surface area contributed by atoms with Crippen molar-refractivity contribution in [3.63, 3.8) is 0 Å². The van der Waals surface area contributed by atoms with Gasteiger partial charge in [-0.25, -0.2) is 0 Å². The quantitative estimate of drug-likeness (QED) is 0.627. The fourth-order valence-electron chi connectivity index (χ4n) is 1.76.